The molecule has 0 saturated heterocycles. The van der Waals surface area contributed by atoms with Crippen molar-refractivity contribution in [2.24, 2.45) is 10.9 Å². The standard InChI is InChI=1S/C17H30N4O3S.HI/c1-14(2)8-9-19-17(18-3)20-13-15-6-5-7-16(12-15)25(22,23)21-10-11-24-4;/h5-7,12,14,21H,8-11,13H2,1-4H3,(H2,18,19,20);1H. The minimum Gasteiger partial charge on any atom is -0.383 e. The van der Waals surface area contributed by atoms with Crippen LogP contribution in [-0.4, -0.2) is 48.2 Å². The molecule has 26 heavy (non-hydrogen) atoms. The summed E-state index contributed by atoms with van der Waals surface area (Å²) in [4.78, 5) is 4.41. The molecule has 0 bridgehead atoms. The van der Waals surface area contributed by atoms with Crippen molar-refractivity contribution in [1.29, 1.82) is 0 Å². The molecular formula is C17H31IN4O3S. The van der Waals surface area contributed by atoms with Crippen molar-refractivity contribution in [2.75, 3.05) is 33.9 Å². The highest BCUT2D eigenvalue weighted by Crippen LogP contribution is 2.11. The first-order chi connectivity index (χ1) is 11.9. The summed E-state index contributed by atoms with van der Waals surface area (Å²) in [7, 11) is -0.282. The number of ether oxygens (including phenoxy) is 1. The number of methoxy groups -OCH3 is 1. The summed E-state index contributed by atoms with van der Waals surface area (Å²) < 4.78 is 31.8. The lowest BCUT2D eigenvalue weighted by molar-refractivity contribution is 0.204. The predicted molar refractivity (Wildman–Crippen MR) is 117 cm³/mol. The molecule has 0 radical (unpaired) electrons. The topological polar surface area (TPSA) is 91.8 Å². The molecular weight excluding hydrogens is 467 g/mol. The third-order valence-electron chi connectivity index (χ3n) is 3.50. The molecule has 1 rings (SSSR count). The average Bonchev–Trinajstić information content (AvgIpc) is 2.58. The Morgan fingerprint density at radius 3 is 2.58 bits per heavy atom. The number of aliphatic imine (C=N–C) groups is 1. The third-order valence-corrected chi connectivity index (χ3v) is 4.96. The number of hydrogen-bond donors (Lipinski definition) is 3. The van der Waals surface area contributed by atoms with Gasteiger partial charge in [-0.25, -0.2) is 13.1 Å². The summed E-state index contributed by atoms with van der Waals surface area (Å²) in [5.41, 5.74) is 0.862. The minimum absolute atomic E-state index is 0. The highest BCUT2D eigenvalue weighted by atomic mass is 127. The summed E-state index contributed by atoms with van der Waals surface area (Å²) in [6, 6.07) is 6.84. The second-order valence-electron chi connectivity index (χ2n) is 6.07. The van der Waals surface area contributed by atoms with Gasteiger partial charge in [0.15, 0.2) is 5.96 Å². The molecule has 0 spiro atoms. The smallest absolute Gasteiger partial charge is 0.240 e. The monoisotopic (exact) mass is 498 g/mol. The molecule has 0 aliphatic carbocycles. The number of guanidine groups is 1. The van der Waals surface area contributed by atoms with E-state index in [-0.39, 0.29) is 35.4 Å². The Hall–Kier alpha value is -0.910. The van der Waals surface area contributed by atoms with E-state index in [1.165, 1.54) is 7.11 Å². The van der Waals surface area contributed by atoms with Crippen molar-refractivity contribution >= 4 is 40.0 Å². The summed E-state index contributed by atoms with van der Waals surface area (Å²) in [6.07, 6.45) is 1.06. The third kappa shape index (κ3) is 9.70. The van der Waals surface area contributed by atoms with E-state index in [0.29, 0.717) is 25.0 Å². The first kappa shape index (κ1) is 25.1. The molecule has 0 aliphatic rings. The Kier molecular flexibility index (Phi) is 12.8. The highest BCUT2D eigenvalue weighted by Gasteiger charge is 2.13. The van der Waals surface area contributed by atoms with Crippen LogP contribution in [0, 0.1) is 5.92 Å². The first-order valence-electron chi connectivity index (χ1n) is 8.41. The molecule has 0 heterocycles. The lowest BCUT2D eigenvalue weighted by atomic mass is 10.1. The molecule has 0 aliphatic heterocycles. The minimum atomic E-state index is -3.53. The van der Waals surface area contributed by atoms with Gasteiger partial charge >= 0.3 is 0 Å². The van der Waals surface area contributed by atoms with E-state index in [1.54, 1.807) is 25.2 Å². The summed E-state index contributed by atoms with van der Waals surface area (Å²) in [6.45, 7) is 6.25. The van der Waals surface area contributed by atoms with E-state index in [0.717, 1.165) is 18.5 Å². The van der Waals surface area contributed by atoms with Gasteiger partial charge in [0.05, 0.1) is 11.5 Å². The maximum Gasteiger partial charge on any atom is 0.240 e. The lowest BCUT2D eigenvalue weighted by Gasteiger charge is -2.13. The molecule has 0 saturated carbocycles. The van der Waals surface area contributed by atoms with Crippen molar-refractivity contribution in [3.8, 4) is 0 Å². The van der Waals surface area contributed by atoms with Gasteiger partial charge in [-0.1, -0.05) is 26.0 Å². The highest BCUT2D eigenvalue weighted by molar-refractivity contribution is 14.0. The van der Waals surface area contributed by atoms with Crippen molar-refractivity contribution in [2.45, 2.75) is 31.7 Å². The molecule has 7 nitrogen and oxygen atoms in total. The molecule has 1 aromatic rings. The number of nitrogens with one attached hydrogen (secondary N) is 3. The van der Waals surface area contributed by atoms with Gasteiger partial charge in [-0.3, -0.25) is 4.99 Å². The van der Waals surface area contributed by atoms with Crippen molar-refractivity contribution in [3.63, 3.8) is 0 Å². The van der Waals surface area contributed by atoms with Crippen LogP contribution in [0.5, 0.6) is 0 Å². The Morgan fingerprint density at radius 1 is 1.23 bits per heavy atom. The lowest BCUT2D eigenvalue weighted by Crippen LogP contribution is -2.37. The van der Waals surface area contributed by atoms with Gasteiger partial charge in [0.25, 0.3) is 0 Å². The van der Waals surface area contributed by atoms with E-state index in [9.17, 15) is 8.42 Å². The number of hydrogen-bond acceptors (Lipinski definition) is 4. The van der Waals surface area contributed by atoms with Crippen LogP contribution in [-0.2, 0) is 21.3 Å². The molecule has 0 unspecified atom stereocenters. The Bertz CT molecular complexity index is 651. The molecule has 3 N–H and O–H groups in total. The fourth-order valence-electron chi connectivity index (χ4n) is 2.07. The predicted octanol–water partition coefficient (Wildman–Crippen LogP) is 1.94. The number of halogens is 1. The van der Waals surface area contributed by atoms with Gasteiger partial charge in [-0.2, -0.15) is 0 Å². The fourth-order valence-corrected chi connectivity index (χ4v) is 3.15. The van der Waals surface area contributed by atoms with E-state index >= 15 is 0 Å². The first-order valence-corrected chi connectivity index (χ1v) is 9.89. The van der Waals surface area contributed by atoms with Crippen molar-refractivity contribution in [3.05, 3.63) is 29.8 Å². The number of nitrogens with zero attached hydrogens (tertiary/aromatic N) is 1. The Balaban J connectivity index is 0.00000625. The number of benzene rings is 1. The number of rotatable bonds is 10. The number of sulfonamides is 1. The van der Waals surface area contributed by atoms with Crippen LogP contribution in [0.3, 0.4) is 0 Å². The van der Waals surface area contributed by atoms with Gasteiger partial charge in [0, 0.05) is 33.8 Å². The second kappa shape index (κ2) is 13.3. The Labute approximate surface area is 174 Å². The molecule has 9 heteroatoms. The molecule has 150 valence electrons. The van der Waals surface area contributed by atoms with Crippen LogP contribution in [0.15, 0.2) is 34.2 Å². The van der Waals surface area contributed by atoms with Gasteiger partial charge < -0.3 is 15.4 Å². The van der Waals surface area contributed by atoms with Crippen LogP contribution in [0.4, 0.5) is 0 Å². The van der Waals surface area contributed by atoms with Gasteiger partial charge in [-0.05, 0) is 30.0 Å². The SMILES string of the molecule is CN=C(NCCC(C)C)NCc1cccc(S(=O)(=O)NCCOC)c1.I. The zero-order chi connectivity index (χ0) is 18.7. The maximum absolute atomic E-state index is 12.2. The van der Waals surface area contributed by atoms with Gasteiger partial charge in [0.2, 0.25) is 10.0 Å². The van der Waals surface area contributed by atoms with Crippen LogP contribution < -0.4 is 15.4 Å². The summed E-state index contributed by atoms with van der Waals surface area (Å²) in [5, 5.41) is 6.44. The van der Waals surface area contributed by atoms with Crippen LogP contribution in [0.1, 0.15) is 25.8 Å². The normalized spacial score (nSPS) is 12.0. The van der Waals surface area contributed by atoms with Crippen molar-refractivity contribution < 1.29 is 13.2 Å². The van der Waals surface area contributed by atoms with E-state index in [1.807, 2.05) is 6.07 Å². The Morgan fingerprint density at radius 2 is 1.96 bits per heavy atom. The van der Waals surface area contributed by atoms with Crippen LogP contribution in [0.2, 0.25) is 0 Å². The quantitative estimate of drug-likeness (QED) is 0.199. The van der Waals surface area contributed by atoms with Crippen LogP contribution >= 0.6 is 24.0 Å². The van der Waals surface area contributed by atoms with Gasteiger partial charge in [-0.15, -0.1) is 24.0 Å². The molecule has 0 atom stereocenters. The largest absolute Gasteiger partial charge is 0.383 e. The van der Waals surface area contributed by atoms with E-state index < -0.39 is 10.0 Å². The van der Waals surface area contributed by atoms with E-state index in [4.69, 9.17) is 4.74 Å². The summed E-state index contributed by atoms with van der Waals surface area (Å²) in [5.74, 6) is 1.32. The second-order valence-corrected chi connectivity index (χ2v) is 7.84. The molecule has 0 fully saturated rings. The molecule has 1 aromatic carbocycles. The van der Waals surface area contributed by atoms with Crippen molar-refractivity contribution in [1.82, 2.24) is 15.4 Å². The van der Waals surface area contributed by atoms with Crippen LogP contribution in [0.25, 0.3) is 0 Å². The maximum atomic E-state index is 12.2. The zero-order valence-corrected chi connectivity index (χ0v) is 19.1. The summed E-state index contributed by atoms with van der Waals surface area (Å²) >= 11 is 0. The molecule has 0 amide bonds. The average molecular weight is 498 g/mol. The zero-order valence-electron chi connectivity index (χ0n) is 15.9. The van der Waals surface area contributed by atoms with Gasteiger partial charge in [0.1, 0.15) is 0 Å². The fraction of sp³-hybridized carbons (Fsp3) is 0.588. The van der Waals surface area contributed by atoms with E-state index in [2.05, 4.69) is 34.2 Å². The molecule has 0 aromatic heterocycles.